The van der Waals surface area contributed by atoms with Crippen molar-refractivity contribution >= 4 is 21.6 Å². The molecule has 0 unspecified atom stereocenters. The Morgan fingerprint density at radius 3 is 2.49 bits per heavy atom. The van der Waals surface area contributed by atoms with Crippen LogP contribution >= 0.6 is 11.3 Å². The smallest absolute Gasteiger partial charge is 0.260 e. The van der Waals surface area contributed by atoms with Gasteiger partial charge in [0.25, 0.3) is 5.56 Å². The monoisotopic (exact) mass is 546 g/mol. The van der Waals surface area contributed by atoms with Gasteiger partial charge >= 0.3 is 0 Å². The molecule has 0 saturated carbocycles. The molecule has 206 valence electrons. The lowest BCUT2D eigenvalue weighted by molar-refractivity contribution is 0.218. The average molecular weight is 547 g/mol. The standard InChI is InChI=1S/C32H38N2O4S/c1-19-14-20(2)16-23(15-19)37-12-7-13-38-25-11-8-21(17-26(25)36-6)29-33-30(35)28-24-10-9-22(32(3,4)5)18-27(24)39-31(28)34-29/h8,11,14-17,22H,7,9-10,12-13,18H2,1-6H3,(H,33,34,35)/t22-/m0/s1. The number of thiophene rings is 1. The van der Waals surface area contributed by atoms with Crippen LogP contribution in [-0.4, -0.2) is 30.3 Å². The Hall–Kier alpha value is -3.32. The molecule has 2 heterocycles. The highest BCUT2D eigenvalue weighted by Crippen LogP contribution is 2.42. The summed E-state index contributed by atoms with van der Waals surface area (Å²) in [7, 11) is 1.62. The van der Waals surface area contributed by atoms with Gasteiger partial charge in [0.2, 0.25) is 0 Å². The van der Waals surface area contributed by atoms with Crippen LogP contribution in [0.3, 0.4) is 0 Å². The maximum absolute atomic E-state index is 13.2. The molecule has 1 aliphatic rings. The molecule has 0 spiro atoms. The van der Waals surface area contributed by atoms with E-state index in [4.69, 9.17) is 19.2 Å². The van der Waals surface area contributed by atoms with Crippen molar-refractivity contribution in [3.63, 3.8) is 0 Å². The van der Waals surface area contributed by atoms with E-state index in [1.807, 2.05) is 30.3 Å². The number of fused-ring (bicyclic) bond motifs is 3. The maximum Gasteiger partial charge on any atom is 0.260 e. The van der Waals surface area contributed by atoms with Gasteiger partial charge in [0.1, 0.15) is 16.4 Å². The molecule has 0 bridgehead atoms. The van der Waals surface area contributed by atoms with Gasteiger partial charge < -0.3 is 19.2 Å². The molecule has 2 aromatic carbocycles. The number of aryl methyl sites for hydroxylation is 3. The van der Waals surface area contributed by atoms with Crippen LogP contribution in [0, 0.1) is 25.2 Å². The van der Waals surface area contributed by atoms with Gasteiger partial charge in [0.05, 0.1) is 25.7 Å². The summed E-state index contributed by atoms with van der Waals surface area (Å²) in [5.74, 6) is 3.30. The van der Waals surface area contributed by atoms with E-state index in [-0.39, 0.29) is 11.0 Å². The van der Waals surface area contributed by atoms with E-state index in [1.165, 1.54) is 21.6 Å². The van der Waals surface area contributed by atoms with Crippen molar-refractivity contribution in [2.24, 2.45) is 11.3 Å². The molecule has 0 radical (unpaired) electrons. The topological polar surface area (TPSA) is 73.4 Å². The number of methoxy groups -OCH3 is 1. The molecular weight excluding hydrogens is 508 g/mol. The summed E-state index contributed by atoms with van der Waals surface area (Å²) in [6.45, 7) is 12.1. The van der Waals surface area contributed by atoms with Crippen molar-refractivity contribution in [3.05, 3.63) is 68.3 Å². The summed E-state index contributed by atoms with van der Waals surface area (Å²) in [5.41, 5.74) is 4.55. The fraction of sp³-hybridized carbons (Fsp3) is 0.438. The SMILES string of the molecule is COc1cc(-c2nc3sc4c(c3c(=O)[nH]2)CC[C@H](C(C)(C)C)C4)ccc1OCCCOc1cc(C)cc(C)c1. The zero-order valence-electron chi connectivity index (χ0n) is 23.8. The van der Waals surface area contributed by atoms with Gasteiger partial charge in [-0.05, 0) is 91.5 Å². The average Bonchev–Trinajstić information content (AvgIpc) is 3.26. The van der Waals surface area contributed by atoms with Gasteiger partial charge in [0.15, 0.2) is 11.5 Å². The van der Waals surface area contributed by atoms with Crippen molar-refractivity contribution in [2.45, 2.75) is 60.3 Å². The molecule has 2 aromatic heterocycles. The Morgan fingerprint density at radius 1 is 1.03 bits per heavy atom. The van der Waals surface area contributed by atoms with E-state index in [2.05, 4.69) is 45.7 Å². The molecule has 1 aliphatic carbocycles. The highest BCUT2D eigenvalue weighted by molar-refractivity contribution is 7.18. The normalized spacial score (nSPS) is 15.3. The number of rotatable bonds is 8. The Balaban J connectivity index is 1.28. The molecule has 5 rings (SSSR count). The number of hydrogen-bond acceptors (Lipinski definition) is 6. The summed E-state index contributed by atoms with van der Waals surface area (Å²) < 4.78 is 17.5. The quantitative estimate of drug-likeness (QED) is 0.235. The minimum absolute atomic E-state index is 0.0650. The van der Waals surface area contributed by atoms with Gasteiger partial charge in [0, 0.05) is 16.9 Å². The molecule has 6 nitrogen and oxygen atoms in total. The van der Waals surface area contributed by atoms with E-state index >= 15 is 0 Å². The molecule has 0 amide bonds. The molecule has 0 saturated heterocycles. The highest BCUT2D eigenvalue weighted by atomic mass is 32.1. The molecule has 0 aliphatic heterocycles. The summed E-state index contributed by atoms with van der Waals surface area (Å²) >= 11 is 1.67. The number of H-pyrrole nitrogens is 1. The number of benzene rings is 2. The lowest BCUT2D eigenvalue weighted by atomic mass is 9.72. The third-order valence-electron chi connectivity index (χ3n) is 7.59. The van der Waals surface area contributed by atoms with Gasteiger partial charge in [-0.2, -0.15) is 0 Å². The largest absolute Gasteiger partial charge is 0.493 e. The van der Waals surface area contributed by atoms with Gasteiger partial charge in [-0.25, -0.2) is 4.98 Å². The molecular formula is C32H38N2O4S. The van der Waals surface area contributed by atoms with Crippen LogP contribution in [0.15, 0.2) is 41.2 Å². The number of nitrogens with one attached hydrogen (secondary N) is 1. The molecule has 39 heavy (non-hydrogen) atoms. The second-order valence-corrected chi connectivity index (χ2v) is 12.7. The Morgan fingerprint density at radius 2 is 1.77 bits per heavy atom. The summed E-state index contributed by atoms with van der Waals surface area (Å²) in [4.78, 5) is 23.2. The zero-order chi connectivity index (χ0) is 27.7. The van der Waals surface area contributed by atoms with E-state index in [9.17, 15) is 4.79 Å². The van der Waals surface area contributed by atoms with Crippen LogP contribution in [0.4, 0.5) is 0 Å². The lowest BCUT2D eigenvalue weighted by Gasteiger charge is -2.33. The van der Waals surface area contributed by atoms with Crippen LogP contribution in [-0.2, 0) is 12.8 Å². The van der Waals surface area contributed by atoms with Gasteiger partial charge in [-0.15, -0.1) is 11.3 Å². The molecule has 1 atom stereocenters. The Kier molecular flexibility index (Phi) is 7.72. The molecule has 4 aromatic rings. The summed E-state index contributed by atoms with van der Waals surface area (Å²) in [5, 5.41) is 0.765. The number of ether oxygens (including phenoxy) is 3. The number of nitrogens with zero attached hydrogens (tertiary/aromatic N) is 1. The van der Waals surface area contributed by atoms with Gasteiger partial charge in [-0.1, -0.05) is 26.8 Å². The van der Waals surface area contributed by atoms with E-state index in [0.717, 1.165) is 47.2 Å². The first-order chi connectivity index (χ1) is 18.6. The predicted molar refractivity (Wildman–Crippen MR) is 159 cm³/mol. The van der Waals surface area contributed by atoms with Crippen molar-refractivity contribution in [2.75, 3.05) is 20.3 Å². The van der Waals surface area contributed by atoms with Crippen molar-refractivity contribution in [3.8, 4) is 28.6 Å². The second kappa shape index (κ2) is 11.0. The first kappa shape index (κ1) is 27.3. The van der Waals surface area contributed by atoms with Crippen molar-refractivity contribution in [1.29, 1.82) is 0 Å². The Labute approximate surface area is 234 Å². The third-order valence-corrected chi connectivity index (χ3v) is 8.74. The lowest BCUT2D eigenvalue weighted by Crippen LogP contribution is -2.26. The van der Waals surface area contributed by atoms with Crippen molar-refractivity contribution in [1.82, 2.24) is 9.97 Å². The second-order valence-electron chi connectivity index (χ2n) is 11.6. The first-order valence-electron chi connectivity index (χ1n) is 13.7. The van der Waals surface area contributed by atoms with Crippen LogP contribution in [0.1, 0.15) is 55.2 Å². The minimum Gasteiger partial charge on any atom is -0.493 e. The number of aromatic amines is 1. The maximum atomic E-state index is 13.2. The molecule has 1 N–H and O–H groups in total. The minimum atomic E-state index is -0.0650. The van der Waals surface area contributed by atoms with Crippen LogP contribution < -0.4 is 19.8 Å². The van der Waals surface area contributed by atoms with Crippen LogP contribution in [0.2, 0.25) is 0 Å². The predicted octanol–water partition coefficient (Wildman–Crippen LogP) is 7.28. The molecule has 7 heteroatoms. The molecule has 0 fully saturated rings. The number of aromatic nitrogens is 2. The first-order valence-corrected chi connectivity index (χ1v) is 14.5. The highest BCUT2D eigenvalue weighted by Gasteiger charge is 2.31. The zero-order valence-corrected chi connectivity index (χ0v) is 24.6. The van der Waals surface area contributed by atoms with Crippen molar-refractivity contribution < 1.29 is 14.2 Å². The Bertz CT molecular complexity index is 1530. The van der Waals surface area contributed by atoms with E-state index in [1.54, 1.807) is 18.4 Å². The fourth-order valence-electron chi connectivity index (χ4n) is 5.44. The van der Waals surface area contributed by atoms with Crippen LogP contribution in [0.5, 0.6) is 17.2 Å². The fourth-order valence-corrected chi connectivity index (χ4v) is 6.74. The van der Waals surface area contributed by atoms with Crippen LogP contribution in [0.25, 0.3) is 21.6 Å². The van der Waals surface area contributed by atoms with E-state index < -0.39 is 0 Å². The van der Waals surface area contributed by atoms with E-state index in [0.29, 0.717) is 36.5 Å². The summed E-state index contributed by atoms with van der Waals surface area (Å²) in [6.07, 6.45) is 3.81. The van der Waals surface area contributed by atoms with Gasteiger partial charge in [-0.3, -0.25) is 4.79 Å². The number of hydrogen-bond donors (Lipinski definition) is 1. The third kappa shape index (κ3) is 5.98. The summed E-state index contributed by atoms with van der Waals surface area (Å²) in [6, 6.07) is 11.9.